The summed E-state index contributed by atoms with van der Waals surface area (Å²) in [6.07, 6.45) is -3.44. The Morgan fingerprint density at radius 1 is 0.938 bits per heavy atom. The summed E-state index contributed by atoms with van der Waals surface area (Å²) in [5, 5.41) is 7.92. The summed E-state index contributed by atoms with van der Waals surface area (Å²) >= 11 is 0. The number of rotatable bonds is 3. The standard InChI is InChI=1S/C22H15F5N4O/c23-15-5-1-13(2-6-15)20-18(19-10-7-16(24)11-28-19)12-31(30-20)21(32)29-17-8-3-14(4-9-17)22(25,26)27/h1-11,18H,12H2,(H,29,32). The summed E-state index contributed by atoms with van der Waals surface area (Å²) < 4.78 is 64.8. The van der Waals surface area contributed by atoms with Crippen molar-refractivity contribution in [3.63, 3.8) is 0 Å². The molecule has 0 radical (unpaired) electrons. The van der Waals surface area contributed by atoms with Crippen LogP contribution in [0.1, 0.15) is 22.7 Å². The van der Waals surface area contributed by atoms with E-state index in [-0.39, 0.29) is 12.2 Å². The van der Waals surface area contributed by atoms with Gasteiger partial charge >= 0.3 is 12.2 Å². The number of hydrogen-bond acceptors (Lipinski definition) is 3. The second-order valence-corrected chi connectivity index (χ2v) is 7.03. The highest BCUT2D eigenvalue weighted by Crippen LogP contribution is 2.31. The molecule has 2 heterocycles. The van der Waals surface area contributed by atoms with Crippen molar-refractivity contribution in [3.05, 3.63) is 95.3 Å². The molecule has 5 nitrogen and oxygen atoms in total. The monoisotopic (exact) mass is 446 g/mol. The molecule has 1 aliphatic rings. The van der Waals surface area contributed by atoms with Gasteiger partial charge in [-0.15, -0.1) is 0 Å². The highest BCUT2D eigenvalue weighted by atomic mass is 19.4. The predicted octanol–water partition coefficient (Wildman–Crippen LogP) is 5.41. The molecule has 164 valence electrons. The summed E-state index contributed by atoms with van der Waals surface area (Å²) in [5.74, 6) is -1.48. The van der Waals surface area contributed by atoms with Crippen molar-refractivity contribution < 1.29 is 26.7 Å². The van der Waals surface area contributed by atoms with Gasteiger partial charge in [0.1, 0.15) is 11.6 Å². The number of anilines is 1. The lowest BCUT2D eigenvalue weighted by Gasteiger charge is -2.16. The summed E-state index contributed by atoms with van der Waals surface area (Å²) in [6.45, 7) is 0.0534. The van der Waals surface area contributed by atoms with Crippen LogP contribution in [-0.4, -0.2) is 28.3 Å². The Kier molecular flexibility index (Phi) is 5.60. The molecular formula is C22H15F5N4O. The minimum Gasteiger partial charge on any atom is -0.306 e. The maximum atomic E-state index is 13.3. The van der Waals surface area contributed by atoms with E-state index in [9.17, 15) is 26.7 Å². The number of amides is 2. The van der Waals surface area contributed by atoms with E-state index < -0.39 is 35.3 Å². The van der Waals surface area contributed by atoms with Crippen LogP contribution in [0, 0.1) is 11.6 Å². The molecule has 1 unspecified atom stereocenters. The molecule has 0 saturated carbocycles. The number of pyridine rings is 1. The summed E-state index contributed by atoms with van der Waals surface area (Å²) in [5.41, 5.74) is 0.749. The summed E-state index contributed by atoms with van der Waals surface area (Å²) in [7, 11) is 0. The summed E-state index contributed by atoms with van der Waals surface area (Å²) in [6, 6.07) is 11.5. The smallest absolute Gasteiger partial charge is 0.306 e. The van der Waals surface area contributed by atoms with E-state index in [4.69, 9.17) is 0 Å². The van der Waals surface area contributed by atoms with Crippen molar-refractivity contribution in [2.24, 2.45) is 5.10 Å². The van der Waals surface area contributed by atoms with Crippen molar-refractivity contribution in [1.82, 2.24) is 9.99 Å². The normalized spacial score (nSPS) is 16.1. The van der Waals surface area contributed by atoms with Crippen molar-refractivity contribution >= 4 is 17.4 Å². The van der Waals surface area contributed by atoms with Crippen LogP contribution in [0.3, 0.4) is 0 Å². The van der Waals surface area contributed by atoms with Crippen LogP contribution in [0.15, 0.2) is 72.0 Å². The molecule has 1 atom stereocenters. The highest BCUT2D eigenvalue weighted by molar-refractivity contribution is 6.07. The second kappa shape index (κ2) is 8.37. The zero-order chi connectivity index (χ0) is 22.9. The molecule has 1 N–H and O–H groups in total. The molecule has 1 aliphatic heterocycles. The Morgan fingerprint density at radius 2 is 1.59 bits per heavy atom. The topological polar surface area (TPSA) is 57.6 Å². The molecule has 3 aromatic rings. The first-order valence-electron chi connectivity index (χ1n) is 9.42. The fourth-order valence-corrected chi connectivity index (χ4v) is 3.27. The lowest BCUT2D eigenvalue weighted by molar-refractivity contribution is -0.137. The van der Waals surface area contributed by atoms with Gasteiger partial charge in [0.15, 0.2) is 0 Å². The van der Waals surface area contributed by atoms with E-state index in [2.05, 4.69) is 15.4 Å². The van der Waals surface area contributed by atoms with Gasteiger partial charge in [0.2, 0.25) is 0 Å². The fraction of sp³-hybridized carbons (Fsp3) is 0.136. The van der Waals surface area contributed by atoms with Gasteiger partial charge in [-0.05, 0) is 54.1 Å². The zero-order valence-corrected chi connectivity index (χ0v) is 16.3. The van der Waals surface area contributed by atoms with E-state index in [1.807, 2.05) is 0 Å². The van der Waals surface area contributed by atoms with Crippen LogP contribution in [-0.2, 0) is 6.18 Å². The number of hydrogen-bond donors (Lipinski definition) is 1. The van der Waals surface area contributed by atoms with Crippen molar-refractivity contribution in [3.8, 4) is 0 Å². The van der Waals surface area contributed by atoms with Gasteiger partial charge < -0.3 is 5.32 Å². The first kappa shape index (κ1) is 21.4. The van der Waals surface area contributed by atoms with E-state index in [0.717, 1.165) is 35.5 Å². The van der Waals surface area contributed by atoms with Crippen molar-refractivity contribution in [2.45, 2.75) is 12.1 Å². The number of hydrazone groups is 1. The van der Waals surface area contributed by atoms with Crippen molar-refractivity contribution in [2.75, 3.05) is 11.9 Å². The number of halogens is 5. The van der Waals surface area contributed by atoms with Gasteiger partial charge in [-0.25, -0.2) is 18.6 Å². The Labute approximate surface area is 179 Å². The second-order valence-electron chi connectivity index (χ2n) is 7.03. The summed E-state index contributed by atoms with van der Waals surface area (Å²) in [4.78, 5) is 16.8. The molecular weight excluding hydrogens is 431 g/mol. The Bertz CT molecular complexity index is 1140. The number of nitrogens with one attached hydrogen (secondary N) is 1. The number of alkyl halides is 3. The van der Waals surface area contributed by atoms with Crippen LogP contribution in [0.5, 0.6) is 0 Å². The molecule has 1 aromatic heterocycles. The van der Waals surface area contributed by atoms with Gasteiger partial charge in [0.05, 0.1) is 35.6 Å². The fourth-order valence-electron chi connectivity index (χ4n) is 3.27. The van der Waals surface area contributed by atoms with E-state index in [1.54, 1.807) is 0 Å². The third kappa shape index (κ3) is 4.58. The lowest BCUT2D eigenvalue weighted by Crippen LogP contribution is -2.30. The third-order valence-electron chi connectivity index (χ3n) is 4.86. The SMILES string of the molecule is O=C(Nc1ccc(C(F)(F)F)cc1)N1CC(c2ccc(F)cn2)C(c2ccc(F)cc2)=N1. The zero-order valence-electron chi connectivity index (χ0n) is 16.3. The van der Waals surface area contributed by atoms with Gasteiger partial charge in [0, 0.05) is 5.69 Å². The maximum absolute atomic E-state index is 13.3. The van der Waals surface area contributed by atoms with Crippen molar-refractivity contribution in [1.29, 1.82) is 0 Å². The van der Waals surface area contributed by atoms with Crippen LogP contribution >= 0.6 is 0 Å². The number of aromatic nitrogens is 1. The molecule has 0 aliphatic carbocycles. The van der Waals surface area contributed by atoms with Gasteiger partial charge in [-0.1, -0.05) is 12.1 Å². The number of urea groups is 1. The van der Waals surface area contributed by atoms with E-state index >= 15 is 0 Å². The average Bonchev–Trinajstić information content (AvgIpc) is 3.20. The van der Waals surface area contributed by atoms with Crippen LogP contribution in [0.4, 0.5) is 32.4 Å². The molecule has 0 fully saturated rings. The highest BCUT2D eigenvalue weighted by Gasteiger charge is 2.34. The molecule has 2 aromatic carbocycles. The first-order chi connectivity index (χ1) is 15.2. The molecule has 10 heteroatoms. The predicted molar refractivity (Wildman–Crippen MR) is 107 cm³/mol. The molecule has 4 rings (SSSR count). The molecule has 32 heavy (non-hydrogen) atoms. The van der Waals surface area contributed by atoms with Crippen LogP contribution in [0.2, 0.25) is 0 Å². The minimum absolute atomic E-state index is 0.0534. The number of benzene rings is 2. The quantitative estimate of drug-likeness (QED) is 0.547. The first-order valence-corrected chi connectivity index (χ1v) is 9.42. The molecule has 0 spiro atoms. The Morgan fingerprint density at radius 3 is 2.19 bits per heavy atom. The average molecular weight is 446 g/mol. The minimum atomic E-state index is -4.48. The maximum Gasteiger partial charge on any atom is 0.416 e. The van der Waals surface area contributed by atoms with Gasteiger partial charge in [0.25, 0.3) is 0 Å². The van der Waals surface area contributed by atoms with Gasteiger partial charge in [-0.3, -0.25) is 4.98 Å². The largest absolute Gasteiger partial charge is 0.416 e. The van der Waals surface area contributed by atoms with E-state index in [0.29, 0.717) is 17.0 Å². The van der Waals surface area contributed by atoms with E-state index in [1.165, 1.54) is 36.4 Å². The van der Waals surface area contributed by atoms with Crippen LogP contribution in [0.25, 0.3) is 0 Å². The number of nitrogens with zero attached hydrogens (tertiary/aromatic N) is 3. The number of carbonyl (C=O) groups is 1. The van der Waals surface area contributed by atoms with Crippen LogP contribution < -0.4 is 5.32 Å². The number of carbonyl (C=O) groups excluding carboxylic acids is 1. The Balaban J connectivity index is 1.58. The third-order valence-corrected chi connectivity index (χ3v) is 4.86. The lowest BCUT2D eigenvalue weighted by atomic mass is 9.94. The Hall–Kier alpha value is -3.82. The molecule has 2 amide bonds. The molecule has 0 bridgehead atoms. The van der Waals surface area contributed by atoms with Gasteiger partial charge in [-0.2, -0.15) is 18.3 Å². The molecule has 0 saturated heterocycles.